The van der Waals surface area contributed by atoms with E-state index in [-0.39, 0.29) is 11.9 Å². The molecule has 3 heteroatoms. The van der Waals surface area contributed by atoms with Crippen LogP contribution in [0.3, 0.4) is 0 Å². The van der Waals surface area contributed by atoms with Crippen molar-refractivity contribution < 1.29 is 4.39 Å². The highest BCUT2D eigenvalue weighted by molar-refractivity contribution is 6.30. The Bertz CT molecular complexity index is 519. The highest BCUT2D eigenvalue weighted by atomic mass is 35.5. The van der Waals surface area contributed by atoms with Gasteiger partial charge in [-0.1, -0.05) is 55.8 Å². The first-order valence-electron chi connectivity index (χ1n) is 6.34. The molecule has 1 nitrogen and oxygen atoms in total. The molecule has 0 saturated heterocycles. The molecule has 19 heavy (non-hydrogen) atoms. The van der Waals surface area contributed by atoms with Crippen LogP contribution in [-0.4, -0.2) is 0 Å². The van der Waals surface area contributed by atoms with Crippen LogP contribution >= 0.6 is 11.6 Å². The minimum Gasteiger partial charge on any atom is -0.378 e. The van der Waals surface area contributed by atoms with Crippen molar-refractivity contribution in [3.63, 3.8) is 0 Å². The maximum absolute atomic E-state index is 13.4. The van der Waals surface area contributed by atoms with Gasteiger partial charge in [0.25, 0.3) is 0 Å². The molecule has 0 aliphatic rings. The van der Waals surface area contributed by atoms with Crippen LogP contribution in [0.1, 0.15) is 25.5 Å². The molecule has 0 aliphatic carbocycles. The monoisotopic (exact) mass is 277 g/mol. The number of halogens is 2. The lowest BCUT2D eigenvalue weighted by molar-refractivity contribution is 0.545. The predicted molar refractivity (Wildman–Crippen MR) is 79.1 cm³/mol. The molecule has 0 bridgehead atoms. The van der Waals surface area contributed by atoms with Gasteiger partial charge < -0.3 is 5.32 Å². The number of anilines is 1. The summed E-state index contributed by atoms with van der Waals surface area (Å²) in [5, 5.41) is 3.75. The van der Waals surface area contributed by atoms with Crippen LogP contribution in [0.4, 0.5) is 10.1 Å². The van der Waals surface area contributed by atoms with Crippen LogP contribution in [0.2, 0.25) is 5.02 Å². The van der Waals surface area contributed by atoms with Crippen molar-refractivity contribution >= 4 is 17.3 Å². The van der Waals surface area contributed by atoms with Crippen LogP contribution in [0.5, 0.6) is 0 Å². The first-order chi connectivity index (χ1) is 9.06. The van der Waals surface area contributed by atoms with E-state index in [1.165, 1.54) is 17.7 Å². The number of hydrogen-bond donors (Lipinski definition) is 1. The van der Waals surface area contributed by atoms with Gasteiger partial charge in [0.2, 0.25) is 0 Å². The molecule has 0 aromatic heterocycles. The molecule has 0 spiro atoms. The Balaban J connectivity index is 2.27. The predicted octanol–water partition coefficient (Wildman–Crippen LogP) is 5.29. The van der Waals surface area contributed by atoms with E-state index in [2.05, 4.69) is 31.3 Å². The van der Waals surface area contributed by atoms with Gasteiger partial charge in [0.05, 0.1) is 6.04 Å². The van der Waals surface area contributed by atoms with Crippen molar-refractivity contribution in [1.29, 1.82) is 0 Å². The summed E-state index contributed by atoms with van der Waals surface area (Å²) in [5.41, 5.74) is 1.88. The Morgan fingerprint density at radius 1 is 1.05 bits per heavy atom. The summed E-state index contributed by atoms with van der Waals surface area (Å²) in [6, 6.07) is 14.8. The molecule has 0 aliphatic heterocycles. The largest absolute Gasteiger partial charge is 0.378 e. The van der Waals surface area contributed by atoms with Gasteiger partial charge in [0, 0.05) is 10.7 Å². The first kappa shape index (κ1) is 13.9. The zero-order chi connectivity index (χ0) is 13.8. The standard InChI is InChI=1S/C16H17ClFN/c1-11(2)16(12-6-4-3-5-7-12)19-15-9-13(17)8-14(18)10-15/h3-11,16,19H,1-2H3. The molecule has 0 saturated carbocycles. The van der Waals surface area contributed by atoms with Gasteiger partial charge in [-0.2, -0.15) is 0 Å². The maximum Gasteiger partial charge on any atom is 0.126 e. The van der Waals surface area contributed by atoms with Crippen molar-refractivity contribution in [2.75, 3.05) is 5.32 Å². The molecule has 0 radical (unpaired) electrons. The second-order valence-corrected chi connectivity index (χ2v) is 5.37. The molecular formula is C16H17ClFN. The summed E-state index contributed by atoms with van der Waals surface area (Å²) in [4.78, 5) is 0. The van der Waals surface area contributed by atoms with E-state index in [9.17, 15) is 4.39 Å². The third-order valence-electron chi connectivity index (χ3n) is 3.01. The van der Waals surface area contributed by atoms with Crippen LogP contribution in [0.25, 0.3) is 0 Å². The Kier molecular flexibility index (Phi) is 4.43. The number of benzene rings is 2. The lowest BCUT2D eigenvalue weighted by atomic mass is 9.96. The third kappa shape index (κ3) is 3.71. The minimum absolute atomic E-state index is 0.124. The fraction of sp³-hybridized carbons (Fsp3) is 0.250. The Morgan fingerprint density at radius 3 is 2.32 bits per heavy atom. The Hall–Kier alpha value is -1.54. The van der Waals surface area contributed by atoms with Gasteiger partial charge in [0.1, 0.15) is 5.82 Å². The smallest absolute Gasteiger partial charge is 0.126 e. The molecule has 0 fully saturated rings. The van der Waals surface area contributed by atoms with Crippen LogP contribution < -0.4 is 5.32 Å². The van der Waals surface area contributed by atoms with Gasteiger partial charge in [-0.15, -0.1) is 0 Å². The average molecular weight is 278 g/mol. The van der Waals surface area contributed by atoms with Crippen LogP contribution in [-0.2, 0) is 0 Å². The summed E-state index contributed by atoms with van der Waals surface area (Å²) in [7, 11) is 0. The number of hydrogen-bond acceptors (Lipinski definition) is 1. The fourth-order valence-electron chi connectivity index (χ4n) is 2.11. The minimum atomic E-state index is -0.328. The summed E-state index contributed by atoms with van der Waals surface area (Å²) in [5.74, 6) is 0.0509. The van der Waals surface area contributed by atoms with Gasteiger partial charge in [0.15, 0.2) is 0 Å². The second-order valence-electron chi connectivity index (χ2n) is 4.93. The second kappa shape index (κ2) is 6.07. The maximum atomic E-state index is 13.4. The zero-order valence-electron chi connectivity index (χ0n) is 11.0. The van der Waals surface area contributed by atoms with Gasteiger partial charge in [-0.25, -0.2) is 4.39 Å². The van der Waals surface area contributed by atoms with E-state index in [0.29, 0.717) is 16.6 Å². The first-order valence-corrected chi connectivity index (χ1v) is 6.71. The Labute approximate surface area is 118 Å². The van der Waals surface area contributed by atoms with Crippen LogP contribution in [0, 0.1) is 11.7 Å². The van der Waals surface area contributed by atoms with E-state index in [1.807, 2.05) is 18.2 Å². The fourth-order valence-corrected chi connectivity index (χ4v) is 2.33. The van der Waals surface area contributed by atoms with Gasteiger partial charge in [-0.3, -0.25) is 0 Å². The molecule has 1 unspecified atom stereocenters. The van der Waals surface area contributed by atoms with Gasteiger partial charge >= 0.3 is 0 Å². The molecule has 1 N–H and O–H groups in total. The van der Waals surface area contributed by atoms with Crippen molar-refractivity contribution in [1.82, 2.24) is 0 Å². The van der Waals surface area contributed by atoms with Gasteiger partial charge in [-0.05, 0) is 29.7 Å². The third-order valence-corrected chi connectivity index (χ3v) is 3.23. The van der Waals surface area contributed by atoms with E-state index in [1.54, 1.807) is 6.07 Å². The molecule has 0 amide bonds. The Morgan fingerprint density at radius 2 is 1.74 bits per heavy atom. The summed E-state index contributed by atoms with van der Waals surface area (Å²) < 4.78 is 13.4. The summed E-state index contributed by atoms with van der Waals surface area (Å²) in [6.45, 7) is 4.26. The topological polar surface area (TPSA) is 12.0 Å². The highest BCUT2D eigenvalue weighted by Crippen LogP contribution is 2.28. The molecule has 1 atom stereocenters. The van der Waals surface area contributed by atoms with Crippen molar-refractivity contribution in [3.05, 3.63) is 64.9 Å². The van der Waals surface area contributed by atoms with Crippen LogP contribution in [0.15, 0.2) is 48.5 Å². The molecular weight excluding hydrogens is 261 g/mol. The van der Waals surface area contributed by atoms with E-state index in [0.717, 1.165) is 0 Å². The zero-order valence-corrected chi connectivity index (χ0v) is 11.8. The summed E-state index contributed by atoms with van der Waals surface area (Å²) in [6.07, 6.45) is 0. The normalized spacial score (nSPS) is 12.5. The van der Waals surface area contributed by atoms with E-state index in [4.69, 9.17) is 11.6 Å². The highest BCUT2D eigenvalue weighted by Gasteiger charge is 2.15. The van der Waals surface area contributed by atoms with E-state index < -0.39 is 0 Å². The van der Waals surface area contributed by atoms with Crippen molar-refractivity contribution in [2.45, 2.75) is 19.9 Å². The van der Waals surface area contributed by atoms with E-state index >= 15 is 0 Å². The SMILES string of the molecule is CC(C)C(Nc1cc(F)cc(Cl)c1)c1ccccc1. The lowest BCUT2D eigenvalue weighted by Gasteiger charge is -2.24. The number of rotatable bonds is 4. The lowest BCUT2D eigenvalue weighted by Crippen LogP contribution is -2.16. The molecule has 2 aromatic rings. The molecule has 2 rings (SSSR count). The van der Waals surface area contributed by atoms with Crippen molar-refractivity contribution in [2.24, 2.45) is 5.92 Å². The summed E-state index contributed by atoms with van der Waals surface area (Å²) >= 11 is 5.88. The molecule has 100 valence electrons. The quantitative estimate of drug-likeness (QED) is 0.801. The number of nitrogens with one attached hydrogen (secondary N) is 1. The molecule has 0 heterocycles. The molecule has 2 aromatic carbocycles. The average Bonchev–Trinajstić information content (AvgIpc) is 2.35. The van der Waals surface area contributed by atoms with Crippen molar-refractivity contribution in [3.8, 4) is 0 Å².